The number of amides is 1. The average Bonchev–Trinajstić information content (AvgIpc) is 2.89. The molecule has 1 aliphatic rings. The van der Waals surface area contributed by atoms with E-state index in [0.717, 1.165) is 16.6 Å². The molecule has 5 nitrogen and oxygen atoms in total. The smallest absolute Gasteiger partial charge is 0.265 e. The highest BCUT2D eigenvalue weighted by atomic mass is 16.5. The Morgan fingerprint density at radius 3 is 2.68 bits per heavy atom. The zero-order chi connectivity index (χ0) is 17.6. The van der Waals surface area contributed by atoms with Crippen molar-refractivity contribution >= 4 is 28.3 Å². The molecule has 1 aliphatic heterocycles. The van der Waals surface area contributed by atoms with Crippen molar-refractivity contribution in [2.75, 3.05) is 18.1 Å². The van der Waals surface area contributed by atoms with Crippen LogP contribution < -0.4 is 9.64 Å². The number of ketones is 1. The number of aryl methyl sites for hydroxylation is 1. The molecular formula is C20H18N2O3. The Bertz CT molecular complexity index is 1000. The molecule has 0 spiro atoms. The summed E-state index contributed by atoms with van der Waals surface area (Å²) in [6.45, 7) is 1.90. The minimum Gasteiger partial charge on any atom is -0.482 e. The average molecular weight is 334 g/mol. The summed E-state index contributed by atoms with van der Waals surface area (Å²) in [7, 11) is 1.95. The zero-order valence-corrected chi connectivity index (χ0v) is 14.2. The van der Waals surface area contributed by atoms with Crippen LogP contribution in [0.25, 0.3) is 10.9 Å². The van der Waals surface area contributed by atoms with Crippen LogP contribution in [-0.2, 0) is 11.8 Å². The molecule has 0 aliphatic carbocycles. The number of Topliss-reactive ketones (excluding diaryl/α,β-unsaturated/α-hetero) is 1. The van der Waals surface area contributed by atoms with Gasteiger partial charge in [0.1, 0.15) is 5.75 Å². The number of rotatable bonds is 3. The van der Waals surface area contributed by atoms with Gasteiger partial charge < -0.3 is 9.30 Å². The number of carbonyl (C=O) groups is 2. The highest BCUT2D eigenvalue weighted by Gasteiger charge is 2.29. The Morgan fingerprint density at radius 1 is 1.12 bits per heavy atom. The second-order valence-corrected chi connectivity index (χ2v) is 6.20. The molecule has 2 heterocycles. The Hall–Kier alpha value is -3.08. The van der Waals surface area contributed by atoms with E-state index >= 15 is 0 Å². The molecule has 5 heteroatoms. The lowest BCUT2D eigenvalue weighted by Crippen LogP contribution is -2.42. The van der Waals surface area contributed by atoms with E-state index in [2.05, 4.69) is 0 Å². The van der Waals surface area contributed by atoms with Gasteiger partial charge in [0.05, 0.1) is 12.2 Å². The van der Waals surface area contributed by atoms with E-state index in [4.69, 9.17) is 4.74 Å². The summed E-state index contributed by atoms with van der Waals surface area (Å²) in [5.41, 5.74) is 3.23. The number of nitrogens with zero attached hydrogens (tertiary/aromatic N) is 2. The van der Waals surface area contributed by atoms with Crippen molar-refractivity contribution in [2.24, 2.45) is 7.05 Å². The third-order valence-electron chi connectivity index (χ3n) is 4.79. The first-order valence-corrected chi connectivity index (χ1v) is 8.17. The SMILES string of the molecule is Cc1c(C(=O)CN2C(=O)COc3ccccc32)c2ccccc2n1C. The molecule has 0 unspecified atom stereocenters. The van der Waals surface area contributed by atoms with Crippen molar-refractivity contribution in [1.82, 2.24) is 4.57 Å². The standard InChI is InChI=1S/C20H18N2O3/c1-13-20(14-7-3-4-8-15(14)21(13)2)17(23)11-22-16-9-5-6-10-18(16)25-12-19(22)24/h3-10H,11-12H2,1-2H3. The summed E-state index contributed by atoms with van der Waals surface area (Å²) in [6.07, 6.45) is 0. The third kappa shape index (κ3) is 2.39. The first-order valence-electron chi connectivity index (χ1n) is 8.17. The minimum atomic E-state index is -0.204. The molecule has 0 fully saturated rings. The molecule has 126 valence electrons. The fraction of sp³-hybridized carbons (Fsp3) is 0.200. The number of anilines is 1. The van der Waals surface area contributed by atoms with Crippen molar-refractivity contribution in [2.45, 2.75) is 6.92 Å². The summed E-state index contributed by atoms with van der Waals surface area (Å²) >= 11 is 0. The Labute approximate surface area is 145 Å². The monoisotopic (exact) mass is 334 g/mol. The highest BCUT2D eigenvalue weighted by molar-refractivity contribution is 6.14. The summed E-state index contributed by atoms with van der Waals surface area (Å²) in [5, 5.41) is 0.918. The summed E-state index contributed by atoms with van der Waals surface area (Å²) in [5.74, 6) is 0.355. The Morgan fingerprint density at radius 2 is 1.84 bits per heavy atom. The van der Waals surface area contributed by atoms with Gasteiger partial charge in [0, 0.05) is 29.2 Å². The first kappa shape index (κ1) is 15.4. The van der Waals surface area contributed by atoms with E-state index in [1.165, 1.54) is 4.90 Å². The molecule has 3 aromatic rings. The second-order valence-electron chi connectivity index (χ2n) is 6.20. The molecule has 0 bridgehead atoms. The van der Waals surface area contributed by atoms with Gasteiger partial charge in [0.25, 0.3) is 5.91 Å². The number of benzene rings is 2. The molecule has 1 aromatic heterocycles. The van der Waals surface area contributed by atoms with Crippen LogP contribution >= 0.6 is 0 Å². The van der Waals surface area contributed by atoms with Crippen LogP contribution in [-0.4, -0.2) is 29.4 Å². The number of hydrogen-bond donors (Lipinski definition) is 0. The van der Waals surface area contributed by atoms with E-state index in [0.29, 0.717) is 17.0 Å². The molecule has 0 N–H and O–H groups in total. The van der Waals surface area contributed by atoms with E-state index in [1.54, 1.807) is 6.07 Å². The van der Waals surface area contributed by atoms with Crippen LogP contribution in [0, 0.1) is 6.92 Å². The summed E-state index contributed by atoms with van der Waals surface area (Å²) in [4.78, 5) is 26.9. The number of fused-ring (bicyclic) bond motifs is 2. The molecular weight excluding hydrogens is 316 g/mol. The van der Waals surface area contributed by atoms with Crippen LogP contribution in [0.1, 0.15) is 16.1 Å². The maximum Gasteiger partial charge on any atom is 0.265 e. The lowest BCUT2D eigenvalue weighted by Gasteiger charge is -2.28. The number of aromatic nitrogens is 1. The van der Waals surface area contributed by atoms with Gasteiger partial charge in [-0.05, 0) is 25.1 Å². The minimum absolute atomic E-state index is 0.00799. The van der Waals surface area contributed by atoms with Gasteiger partial charge in [0.2, 0.25) is 0 Å². The molecule has 0 radical (unpaired) electrons. The largest absolute Gasteiger partial charge is 0.482 e. The zero-order valence-electron chi connectivity index (χ0n) is 14.2. The molecule has 0 saturated heterocycles. The Balaban J connectivity index is 1.74. The number of hydrogen-bond acceptors (Lipinski definition) is 3. The van der Waals surface area contributed by atoms with Gasteiger partial charge in [0.15, 0.2) is 12.4 Å². The van der Waals surface area contributed by atoms with E-state index in [1.807, 2.05) is 61.0 Å². The van der Waals surface area contributed by atoms with E-state index < -0.39 is 0 Å². The van der Waals surface area contributed by atoms with E-state index in [9.17, 15) is 9.59 Å². The molecule has 25 heavy (non-hydrogen) atoms. The topological polar surface area (TPSA) is 51.5 Å². The van der Waals surface area contributed by atoms with Crippen LogP contribution in [0.4, 0.5) is 5.69 Å². The highest BCUT2D eigenvalue weighted by Crippen LogP contribution is 2.32. The van der Waals surface area contributed by atoms with Crippen molar-refractivity contribution in [3.8, 4) is 5.75 Å². The maximum atomic E-state index is 13.1. The van der Waals surface area contributed by atoms with Crippen LogP contribution in [0.15, 0.2) is 48.5 Å². The lowest BCUT2D eigenvalue weighted by atomic mass is 10.1. The van der Waals surface area contributed by atoms with Crippen LogP contribution in [0.3, 0.4) is 0 Å². The molecule has 1 amide bonds. The summed E-state index contributed by atoms with van der Waals surface area (Å²) < 4.78 is 7.46. The predicted molar refractivity (Wildman–Crippen MR) is 96.3 cm³/mol. The summed E-state index contributed by atoms with van der Waals surface area (Å²) in [6, 6.07) is 15.1. The maximum absolute atomic E-state index is 13.1. The lowest BCUT2D eigenvalue weighted by molar-refractivity contribution is -0.121. The van der Waals surface area contributed by atoms with Gasteiger partial charge in [-0.25, -0.2) is 0 Å². The van der Waals surface area contributed by atoms with Gasteiger partial charge in [-0.15, -0.1) is 0 Å². The third-order valence-corrected chi connectivity index (χ3v) is 4.79. The number of ether oxygens (including phenoxy) is 1. The van der Waals surface area contributed by atoms with Gasteiger partial charge >= 0.3 is 0 Å². The van der Waals surface area contributed by atoms with Gasteiger partial charge in [-0.2, -0.15) is 0 Å². The van der Waals surface area contributed by atoms with Crippen LogP contribution in [0.5, 0.6) is 5.75 Å². The fourth-order valence-corrected chi connectivity index (χ4v) is 3.42. The van der Waals surface area contributed by atoms with Gasteiger partial charge in [-0.1, -0.05) is 30.3 Å². The van der Waals surface area contributed by atoms with Crippen molar-refractivity contribution in [1.29, 1.82) is 0 Å². The molecule has 0 atom stereocenters. The molecule has 0 saturated carbocycles. The number of carbonyl (C=O) groups excluding carboxylic acids is 2. The predicted octanol–water partition coefficient (Wildman–Crippen LogP) is 3.10. The Kier molecular flexibility index (Phi) is 3.57. The van der Waals surface area contributed by atoms with Gasteiger partial charge in [-0.3, -0.25) is 14.5 Å². The molecule has 4 rings (SSSR count). The van der Waals surface area contributed by atoms with Crippen LogP contribution in [0.2, 0.25) is 0 Å². The van der Waals surface area contributed by atoms with Crippen molar-refractivity contribution < 1.29 is 14.3 Å². The second kappa shape index (κ2) is 5.77. The van der Waals surface area contributed by atoms with E-state index in [-0.39, 0.29) is 24.8 Å². The quantitative estimate of drug-likeness (QED) is 0.692. The first-order chi connectivity index (χ1) is 12.1. The van der Waals surface area contributed by atoms with Crippen molar-refractivity contribution in [3.63, 3.8) is 0 Å². The number of para-hydroxylation sites is 3. The normalized spacial score (nSPS) is 13.7. The fourth-order valence-electron chi connectivity index (χ4n) is 3.42. The molecule has 2 aromatic carbocycles. The van der Waals surface area contributed by atoms with Crippen molar-refractivity contribution in [3.05, 3.63) is 59.8 Å².